The summed E-state index contributed by atoms with van der Waals surface area (Å²) in [5.41, 5.74) is 4.33. The Bertz CT molecular complexity index is 1190. The molecule has 1 aromatic carbocycles. The number of nitrogens with one attached hydrogen (secondary N) is 1. The third-order valence-electron chi connectivity index (χ3n) is 5.86. The number of alkyl halides is 2. The highest BCUT2D eigenvalue weighted by molar-refractivity contribution is 7.84. The summed E-state index contributed by atoms with van der Waals surface area (Å²) in [5.74, 6) is -2.01. The quantitative estimate of drug-likeness (QED) is 0.601. The molecule has 174 valence electrons. The zero-order chi connectivity index (χ0) is 23.4. The molecular formula is C23H31F2N5OS. The molecule has 1 saturated heterocycles. The predicted octanol–water partition coefficient (Wildman–Crippen LogP) is 4.85. The van der Waals surface area contributed by atoms with Gasteiger partial charge < -0.3 is 4.90 Å². The number of fused-ring (bicyclic) bond motifs is 3. The van der Waals surface area contributed by atoms with Crippen molar-refractivity contribution in [1.82, 2.24) is 19.1 Å². The Morgan fingerprint density at radius 3 is 2.44 bits per heavy atom. The van der Waals surface area contributed by atoms with E-state index in [1.807, 2.05) is 63.1 Å². The minimum Gasteiger partial charge on any atom is -0.341 e. The molecule has 3 aromatic rings. The van der Waals surface area contributed by atoms with Crippen LogP contribution in [0.3, 0.4) is 0 Å². The van der Waals surface area contributed by atoms with Gasteiger partial charge >= 0.3 is 0 Å². The normalized spacial score (nSPS) is 18.9. The zero-order valence-electron chi connectivity index (χ0n) is 19.5. The van der Waals surface area contributed by atoms with Crippen LogP contribution in [0.15, 0.2) is 18.3 Å². The molecule has 1 fully saturated rings. The van der Waals surface area contributed by atoms with Crippen LogP contribution >= 0.6 is 0 Å². The van der Waals surface area contributed by atoms with Crippen molar-refractivity contribution in [2.75, 3.05) is 18.0 Å². The zero-order valence-corrected chi connectivity index (χ0v) is 20.3. The van der Waals surface area contributed by atoms with Crippen molar-refractivity contribution in [3.05, 3.63) is 35.2 Å². The molecule has 3 heterocycles. The molecule has 0 unspecified atom stereocenters. The maximum Gasteiger partial charge on any atom is 0.251 e. The van der Waals surface area contributed by atoms with E-state index in [-0.39, 0.29) is 32.0 Å². The second-order valence-corrected chi connectivity index (χ2v) is 11.8. The van der Waals surface area contributed by atoms with Crippen molar-refractivity contribution in [3.8, 4) is 0 Å². The molecular weight excluding hydrogens is 432 g/mol. The van der Waals surface area contributed by atoms with Gasteiger partial charge in [0.1, 0.15) is 5.65 Å². The van der Waals surface area contributed by atoms with Gasteiger partial charge in [0, 0.05) is 43.6 Å². The van der Waals surface area contributed by atoms with Crippen LogP contribution < -0.4 is 9.62 Å². The van der Waals surface area contributed by atoms with E-state index in [4.69, 9.17) is 9.97 Å². The molecule has 4 rings (SSSR count). The maximum atomic E-state index is 13.8. The predicted molar refractivity (Wildman–Crippen MR) is 126 cm³/mol. The molecule has 1 aliphatic heterocycles. The number of hydrogen-bond donors (Lipinski definition) is 1. The van der Waals surface area contributed by atoms with Crippen LogP contribution in [0.25, 0.3) is 16.6 Å². The third kappa shape index (κ3) is 4.37. The van der Waals surface area contributed by atoms with Crippen LogP contribution in [0.5, 0.6) is 0 Å². The van der Waals surface area contributed by atoms with Crippen LogP contribution in [0.2, 0.25) is 0 Å². The lowest BCUT2D eigenvalue weighted by Gasteiger charge is -2.33. The Morgan fingerprint density at radius 2 is 1.81 bits per heavy atom. The second kappa shape index (κ2) is 8.02. The van der Waals surface area contributed by atoms with E-state index in [9.17, 15) is 13.0 Å². The number of rotatable bonds is 4. The SMILES string of the molecule is Cc1cc([C@@H](C)N[S@](=O)C(C)(C)C)c2nc(N3CCC(F)(F)CC3)n3cc(C)nc3c2c1. The smallest absolute Gasteiger partial charge is 0.251 e. The lowest BCUT2D eigenvalue weighted by atomic mass is 10.0. The van der Waals surface area contributed by atoms with Gasteiger partial charge in [-0.05, 0) is 58.7 Å². The average Bonchev–Trinajstić information content (AvgIpc) is 3.08. The molecule has 0 amide bonds. The van der Waals surface area contributed by atoms with Gasteiger partial charge in [-0.1, -0.05) is 6.07 Å². The van der Waals surface area contributed by atoms with Gasteiger partial charge in [-0.2, -0.15) is 0 Å². The first-order valence-electron chi connectivity index (χ1n) is 11.0. The molecule has 0 radical (unpaired) electrons. The Balaban J connectivity index is 1.87. The Kier molecular flexibility index (Phi) is 5.78. The van der Waals surface area contributed by atoms with E-state index < -0.39 is 21.7 Å². The standard InChI is InChI=1S/C23H31F2N5OS/c1-14-11-17(16(3)28-32(31)22(4,5)6)19-18(12-14)20-26-15(2)13-30(20)21(27-19)29-9-7-23(24,25)8-10-29/h11-13,16,28H,7-10H2,1-6H3/t16-,32-/m1/s1. The highest BCUT2D eigenvalue weighted by Gasteiger charge is 2.35. The summed E-state index contributed by atoms with van der Waals surface area (Å²) >= 11 is 0. The van der Waals surface area contributed by atoms with Crippen LogP contribution in [-0.2, 0) is 11.0 Å². The fourth-order valence-corrected chi connectivity index (χ4v) is 4.89. The molecule has 32 heavy (non-hydrogen) atoms. The number of aryl methyl sites for hydroxylation is 2. The summed E-state index contributed by atoms with van der Waals surface area (Å²) in [7, 11) is -1.25. The van der Waals surface area contributed by atoms with E-state index in [2.05, 4.69) is 10.8 Å². The minimum atomic E-state index is -2.63. The number of imidazole rings is 1. The molecule has 6 nitrogen and oxygen atoms in total. The summed E-state index contributed by atoms with van der Waals surface area (Å²) in [6, 6.07) is 3.88. The summed E-state index contributed by atoms with van der Waals surface area (Å²) in [6.07, 6.45) is 1.53. The molecule has 9 heteroatoms. The molecule has 2 aromatic heterocycles. The van der Waals surface area contributed by atoms with Gasteiger partial charge in [-0.25, -0.2) is 27.7 Å². The number of hydrogen-bond acceptors (Lipinski definition) is 4. The van der Waals surface area contributed by atoms with Crippen molar-refractivity contribution in [3.63, 3.8) is 0 Å². The van der Waals surface area contributed by atoms with Crippen molar-refractivity contribution in [2.24, 2.45) is 0 Å². The van der Waals surface area contributed by atoms with E-state index in [0.717, 1.165) is 33.4 Å². The highest BCUT2D eigenvalue weighted by atomic mass is 32.2. The number of anilines is 1. The third-order valence-corrected chi connectivity index (χ3v) is 7.54. The van der Waals surface area contributed by atoms with Gasteiger partial charge in [0.2, 0.25) is 5.95 Å². The van der Waals surface area contributed by atoms with Crippen LogP contribution in [0.1, 0.15) is 63.4 Å². The number of aromatic nitrogens is 3. The summed E-state index contributed by atoms with van der Waals surface area (Å²) < 4.78 is 45.1. The monoisotopic (exact) mass is 463 g/mol. The summed E-state index contributed by atoms with van der Waals surface area (Å²) in [6.45, 7) is 12.2. The molecule has 1 aliphatic rings. The van der Waals surface area contributed by atoms with Gasteiger partial charge in [0.15, 0.2) is 0 Å². The number of halogens is 2. The summed E-state index contributed by atoms with van der Waals surface area (Å²) in [5, 5.41) is 0.898. The molecule has 0 aliphatic carbocycles. The number of benzene rings is 1. The van der Waals surface area contributed by atoms with Gasteiger partial charge in [-0.3, -0.25) is 4.40 Å². The lowest BCUT2D eigenvalue weighted by molar-refractivity contribution is -0.0222. The first kappa shape index (κ1) is 23.0. The van der Waals surface area contributed by atoms with E-state index in [1.54, 1.807) is 0 Å². The first-order valence-corrected chi connectivity index (χ1v) is 12.1. The van der Waals surface area contributed by atoms with Crippen molar-refractivity contribution < 1.29 is 13.0 Å². The lowest BCUT2D eigenvalue weighted by Crippen LogP contribution is -2.40. The van der Waals surface area contributed by atoms with Gasteiger partial charge in [0.05, 0.1) is 26.9 Å². The van der Waals surface area contributed by atoms with Crippen LogP contribution in [0.4, 0.5) is 14.7 Å². The fraction of sp³-hybridized carbons (Fsp3) is 0.565. The number of nitrogens with zero attached hydrogens (tertiary/aromatic N) is 4. The first-order chi connectivity index (χ1) is 14.9. The Morgan fingerprint density at radius 1 is 1.16 bits per heavy atom. The molecule has 0 spiro atoms. The highest BCUT2D eigenvalue weighted by Crippen LogP contribution is 2.34. The van der Waals surface area contributed by atoms with E-state index in [1.165, 1.54) is 0 Å². The Hall–Kier alpha value is -2.13. The molecule has 0 bridgehead atoms. The average molecular weight is 464 g/mol. The molecule has 1 N–H and O–H groups in total. The van der Waals surface area contributed by atoms with E-state index in [0.29, 0.717) is 5.95 Å². The Labute approximate surface area is 190 Å². The van der Waals surface area contributed by atoms with Crippen LogP contribution in [-0.4, -0.2) is 42.3 Å². The largest absolute Gasteiger partial charge is 0.341 e. The fourth-order valence-electron chi connectivity index (χ4n) is 4.08. The summed E-state index contributed by atoms with van der Waals surface area (Å²) in [4.78, 5) is 11.6. The maximum absolute atomic E-state index is 13.8. The van der Waals surface area contributed by atoms with Gasteiger partial charge in [-0.15, -0.1) is 0 Å². The van der Waals surface area contributed by atoms with Gasteiger partial charge in [0.25, 0.3) is 5.92 Å². The minimum absolute atomic E-state index is 0.189. The second-order valence-electron chi connectivity index (χ2n) is 9.80. The topological polar surface area (TPSA) is 62.5 Å². The van der Waals surface area contributed by atoms with Crippen molar-refractivity contribution in [2.45, 2.75) is 71.1 Å². The van der Waals surface area contributed by atoms with Crippen LogP contribution in [0, 0.1) is 13.8 Å². The van der Waals surface area contributed by atoms with Crippen molar-refractivity contribution in [1.29, 1.82) is 0 Å². The molecule has 2 atom stereocenters. The van der Waals surface area contributed by atoms with Crippen molar-refractivity contribution >= 4 is 33.5 Å². The van der Waals surface area contributed by atoms with E-state index >= 15 is 0 Å². The molecule has 0 saturated carbocycles. The number of piperidine rings is 1.